The maximum atomic E-state index is 13.0. The number of ether oxygens (including phenoxy) is 2. The largest absolute Gasteiger partial charge is 0.497 e. The van der Waals surface area contributed by atoms with E-state index in [2.05, 4.69) is 5.32 Å². The van der Waals surface area contributed by atoms with E-state index in [0.717, 1.165) is 6.07 Å². The van der Waals surface area contributed by atoms with Gasteiger partial charge in [-0.3, -0.25) is 0 Å². The minimum atomic E-state index is -4.40. The Labute approximate surface area is 115 Å². The lowest BCUT2D eigenvalue weighted by atomic mass is 9.99. The number of hydrogen-bond donors (Lipinski definition) is 1. The van der Waals surface area contributed by atoms with Gasteiger partial charge in [-0.2, -0.15) is 13.2 Å². The van der Waals surface area contributed by atoms with Gasteiger partial charge in [-0.1, -0.05) is 6.07 Å². The van der Waals surface area contributed by atoms with Gasteiger partial charge in [0, 0.05) is 6.54 Å². The average Bonchev–Trinajstić information content (AvgIpc) is 2.38. The Hall–Kier alpha value is -0.980. The van der Waals surface area contributed by atoms with E-state index in [9.17, 15) is 13.2 Å². The predicted octanol–water partition coefficient (Wildman–Crippen LogP) is 2.80. The molecule has 0 saturated carbocycles. The molecule has 1 fully saturated rings. The second kappa shape index (κ2) is 6.45. The topological polar surface area (TPSA) is 30.5 Å². The number of alkyl halides is 3. The minimum Gasteiger partial charge on any atom is -0.497 e. The Morgan fingerprint density at radius 3 is 2.63 bits per heavy atom. The van der Waals surface area contributed by atoms with E-state index in [0.29, 0.717) is 13.2 Å². The molecule has 1 aliphatic heterocycles. The van der Waals surface area contributed by atoms with Crippen LogP contribution in [0.1, 0.15) is 17.2 Å². The normalized spacial score (nSPS) is 19.7. The first kappa shape index (κ1) is 16.1. The van der Waals surface area contributed by atoms with Gasteiger partial charge in [0.1, 0.15) is 5.75 Å². The molecule has 0 unspecified atom stereocenters. The van der Waals surface area contributed by atoms with E-state index in [-0.39, 0.29) is 30.3 Å². The van der Waals surface area contributed by atoms with Crippen LogP contribution in [0.5, 0.6) is 5.75 Å². The summed E-state index contributed by atoms with van der Waals surface area (Å²) in [4.78, 5) is 0. The highest BCUT2D eigenvalue weighted by Gasteiger charge is 2.36. The Morgan fingerprint density at radius 1 is 1.37 bits per heavy atom. The van der Waals surface area contributed by atoms with Crippen molar-refractivity contribution in [3.8, 4) is 5.75 Å². The zero-order valence-corrected chi connectivity index (χ0v) is 11.1. The van der Waals surface area contributed by atoms with Crippen molar-refractivity contribution < 1.29 is 22.6 Å². The smallest absolute Gasteiger partial charge is 0.416 e. The van der Waals surface area contributed by atoms with Crippen molar-refractivity contribution in [2.75, 3.05) is 26.9 Å². The third-order valence-electron chi connectivity index (χ3n) is 2.86. The number of morpholine rings is 1. The van der Waals surface area contributed by atoms with Crippen LogP contribution >= 0.6 is 12.4 Å². The van der Waals surface area contributed by atoms with Crippen LogP contribution in [0.2, 0.25) is 0 Å². The molecule has 1 aromatic carbocycles. The van der Waals surface area contributed by atoms with Crippen LogP contribution < -0.4 is 10.1 Å². The molecule has 0 bridgehead atoms. The Balaban J connectivity index is 0.00000180. The van der Waals surface area contributed by atoms with Crippen molar-refractivity contribution >= 4 is 12.4 Å². The molecule has 1 aromatic rings. The van der Waals surface area contributed by atoms with Gasteiger partial charge in [-0.05, 0) is 17.7 Å². The van der Waals surface area contributed by atoms with Crippen molar-refractivity contribution in [3.05, 3.63) is 29.3 Å². The SMILES string of the molecule is COc1ccc([C@@H]2COCCN2)c(C(F)(F)F)c1.Cl. The number of benzene rings is 1. The van der Waals surface area contributed by atoms with Crippen LogP contribution in [0.15, 0.2) is 18.2 Å². The van der Waals surface area contributed by atoms with Gasteiger partial charge in [0.25, 0.3) is 0 Å². The molecule has 0 amide bonds. The summed E-state index contributed by atoms with van der Waals surface area (Å²) in [5.41, 5.74) is -0.479. The molecule has 3 nitrogen and oxygen atoms in total. The quantitative estimate of drug-likeness (QED) is 0.910. The van der Waals surface area contributed by atoms with Crippen LogP contribution in [-0.2, 0) is 10.9 Å². The van der Waals surface area contributed by atoms with Gasteiger partial charge in [0.2, 0.25) is 0 Å². The lowest BCUT2D eigenvalue weighted by Gasteiger charge is -2.26. The highest BCUT2D eigenvalue weighted by Crippen LogP contribution is 2.37. The van der Waals surface area contributed by atoms with Crippen LogP contribution in [-0.4, -0.2) is 26.9 Å². The predicted molar refractivity (Wildman–Crippen MR) is 66.8 cm³/mol. The van der Waals surface area contributed by atoms with Crippen molar-refractivity contribution in [3.63, 3.8) is 0 Å². The fourth-order valence-electron chi connectivity index (χ4n) is 1.98. The maximum absolute atomic E-state index is 13.0. The fraction of sp³-hybridized carbons (Fsp3) is 0.500. The number of nitrogens with one attached hydrogen (secondary N) is 1. The fourth-order valence-corrected chi connectivity index (χ4v) is 1.98. The molecule has 7 heteroatoms. The van der Waals surface area contributed by atoms with Gasteiger partial charge in [-0.25, -0.2) is 0 Å². The number of methoxy groups -OCH3 is 1. The summed E-state index contributed by atoms with van der Waals surface area (Å²) < 4.78 is 49.0. The zero-order valence-electron chi connectivity index (χ0n) is 10.3. The standard InChI is InChI=1S/C12H14F3NO2.ClH/c1-17-8-2-3-9(10(6-8)12(13,14)15)11-7-18-5-4-16-11;/h2-3,6,11,16H,4-5,7H2,1H3;1H/t11-;/m0./s1. The Morgan fingerprint density at radius 2 is 2.11 bits per heavy atom. The van der Waals surface area contributed by atoms with Crippen molar-refractivity contribution in [1.82, 2.24) is 5.32 Å². The summed E-state index contributed by atoms with van der Waals surface area (Å²) in [5.74, 6) is 0.197. The van der Waals surface area contributed by atoms with Crippen LogP contribution in [0.25, 0.3) is 0 Å². The molecule has 108 valence electrons. The molecule has 1 atom stereocenters. The van der Waals surface area contributed by atoms with Gasteiger partial charge in [0.05, 0.1) is 31.9 Å². The molecular formula is C12H15ClF3NO2. The second-order valence-electron chi connectivity index (χ2n) is 4.03. The van der Waals surface area contributed by atoms with Crippen molar-refractivity contribution in [2.24, 2.45) is 0 Å². The number of hydrogen-bond acceptors (Lipinski definition) is 3. The molecule has 1 N–H and O–H groups in total. The molecule has 0 aromatic heterocycles. The number of halogens is 4. The number of rotatable bonds is 2. The van der Waals surface area contributed by atoms with Crippen LogP contribution in [0, 0.1) is 0 Å². The summed E-state index contributed by atoms with van der Waals surface area (Å²) in [7, 11) is 1.34. The second-order valence-corrected chi connectivity index (χ2v) is 4.03. The lowest BCUT2D eigenvalue weighted by molar-refractivity contribution is -0.138. The summed E-state index contributed by atoms with van der Waals surface area (Å²) in [6, 6.07) is 3.56. The van der Waals surface area contributed by atoms with Gasteiger partial charge >= 0.3 is 6.18 Å². The lowest BCUT2D eigenvalue weighted by Crippen LogP contribution is -2.35. The molecule has 19 heavy (non-hydrogen) atoms. The molecule has 0 aliphatic carbocycles. The first-order valence-corrected chi connectivity index (χ1v) is 5.58. The van der Waals surface area contributed by atoms with Crippen molar-refractivity contribution in [1.29, 1.82) is 0 Å². The molecular weight excluding hydrogens is 283 g/mol. The van der Waals surface area contributed by atoms with Crippen molar-refractivity contribution in [2.45, 2.75) is 12.2 Å². The third-order valence-corrected chi connectivity index (χ3v) is 2.86. The molecule has 0 spiro atoms. The highest BCUT2D eigenvalue weighted by atomic mass is 35.5. The van der Waals surface area contributed by atoms with E-state index in [1.165, 1.54) is 19.2 Å². The highest BCUT2D eigenvalue weighted by molar-refractivity contribution is 5.85. The minimum absolute atomic E-state index is 0. The Bertz CT molecular complexity index is 420. The summed E-state index contributed by atoms with van der Waals surface area (Å²) in [6.45, 7) is 1.32. The molecule has 1 saturated heterocycles. The van der Waals surface area contributed by atoms with Gasteiger partial charge in [-0.15, -0.1) is 12.4 Å². The first-order valence-electron chi connectivity index (χ1n) is 5.58. The first-order chi connectivity index (χ1) is 8.52. The molecule has 1 aliphatic rings. The summed E-state index contributed by atoms with van der Waals surface area (Å²) in [5, 5.41) is 3.02. The molecule has 0 radical (unpaired) electrons. The monoisotopic (exact) mass is 297 g/mol. The average molecular weight is 298 g/mol. The maximum Gasteiger partial charge on any atom is 0.416 e. The summed E-state index contributed by atoms with van der Waals surface area (Å²) in [6.07, 6.45) is -4.40. The van der Waals surface area contributed by atoms with E-state index < -0.39 is 17.8 Å². The third kappa shape index (κ3) is 3.75. The van der Waals surface area contributed by atoms with E-state index >= 15 is 0 Å². The molecule has 2 rings (SSSR count). The molecule has 1 heterocycles. The van der Waals surface area contributed by atoms with Gasteiger partial charge in [0.15, 0.2) is 0 Å². The summed E-state index contributed by atoms with van der Waals surface area (Å²) >= 11 is 0. The zero-order chi connectivity index (χ0) is 13.2. The Kier molecular flexibility index (Phi) is 5.46. The van der Waals surface area contributed by atoms with Gasteiger partial charge < -0.3 is 14.8 Å². The van der Waals surface area contributed by atoms with E-state index in [1.807, 2.05) is 0 Å². The van der Waals surface area contributed by atoms with Crippen LogP contribution in [0.3, 0.4) is 0 Å². The van der Waals surface area contributed by atoms with E-state index in [1.54, 1.807) is 0 Å². The van der Waals surface area contributed by atoms with Crippen LogP contribution in [0.4, 0.5) is 13.2 Å². The van der Waals surface area contributed by atoms with E-state index in [4.69, 9.17) is 9.47 Å².